The molecule has 0 aliphatic heterocycles. The molecule has 2 N–H and O–H groups in total. The van der Waals surface area contributed by atoms with E-state index in [1.54, 1.807) is 6.92 Å². The molecule has 0 fully saturated rings. The van der Waals surface area contributed by atoms with E-state index in [1.807, 2.05) is 18.2 Å². The summed E-state index contributed by atoms with van der Waals surface area (Å²) >= 11 is 0. The Morgan fingerprint density at radius 2 is 2.06 bits per heavy atom. The van der Waals surface area contributed by atoms with Crippen molar-refractivity contribution in [3.8, 4) is 0 Å². The van der Waals surface area contributed by atoms with E-state index in [0.717, 1.165) is 19.3 Å². The summed E-state index contributed by atoms with van der Waals surface area (Å²) in [6, 6.07) is 10.2. The average molecular weight is 235 g/mol. The molecule has 1 atom stereocenters. The molecule has 17 heavy (non-hydrogen) atoms. The number of esters is 1. The van der Waals surface area contributed by atoms with Gasteiger partial charge < -0.3 is 10.5 Å². The van der Waals surface area contributed by atoms with Gasteiger partial charge >= 0.3 is 5.97 Å². The van der Waals surface area contributed by atoms with Crippen LogP contribution < -0.4 is 5.73 Å². The molecule has 1 aromatic carbocycles. The molecule has 0 radical (unpaired) electrons. The van der Waals surface area contributed by atoms with E-state index in [1.165, 1.54) is 5.56 Å². The van der Waals surface area contributed by atoms with Crippen LogP contribution in [0.25, 0.3) is 0 Å². The lowest BCUT2D eigenvalue weighted by molar-refractivity contribution is -0.143. The SMILES string of the molecule is CCOC(=O)CC(N)CCCc1ccccc1. The number of ether oxygens (including phenoxy) is 1. The molecule has 1 unspecified atom stereocenters. The minimum Gasteiger partial charge on any atom is -0.466 e. The zero-order chi connectivity index (χ0) is 12.5. The van der Waals surface area contributed by atoms with Crippen molar-refractivity contribution in [2.75, 3.05) is 6.61 Å². The van der Waals surface area contributed by atoms with Crippen LogP contribution in [-0.2, 0) is 16.0 Å². The Labute approximate surface area is 103 Å². The maximum atomic E-state index is 11.2. The van der Waals surface area contributed by atoms with E-state index in [4.69, 9.17) is 10.5 Å². The second-order valence-electron chi connectivity index (χ2n) is 4.15. The van der Waals surface area contributed by atoms with Gasteiger partial charge in [-0.3, -0.25) is 4.79 Å². The van der Waals surface area contributed by atoms with Crippen molar-refractivity contribution in [3.05, 3.63) is 35.9 Å². The minimum atomic E-state index is -0.195. The molecule has 0 amide bonds. The number of benzene rings is 1. The summed E-state index contributed by atoms with van der Waals surface area (Å²) in [4.78, 5) is 11.2. The summed E-state index contributed by atoms with van der Waals surface area (Å²) in [6.07, 6.45) is 3.19. The lowest BCUT2D eigenvalue weighted by Gasteiger charge is -2.10. The molecule has 3 heteroatoms. The fraction of sp³-hybridized carbons (Fsp3) is 0.500. The third kappa shape index (κ3) is 6.07. The quantitative estimate of drug-likeness (QED) is 0.738. The zero-order valence-corrected chi connectivity index (χ0v) is 10.4. The van der Waals surface area contributed by atoms with Gasteiger partial charge in [-0.25, -0.2) is 0 Å². The van der Waals surface area contributed by atoms with Gasteiger partial charge in [-0.2, -0.15) is 0 Å². The van der Waals surface area contributed by atoms with Gasteiger partial charge in [-0.05, 0) is 31.7 Å². The van der Waals surface area contributed by atoms with Crippen molar-refractivity contribution >= 4 is 5.97 Å². The van der Waals surface area contributed by atoms with Crippen molar-refractivity contribution in [2.45, 2.75) is 38.6 Å². The first-order valence-electron chi connectivity index (χ1n) is 6.17. The third-order valence-electron chi connectivity index (χ3n) is 2.62. The molecule has 1 aromatic rings. The van der Waals surface area contributed by atoms with Crippen LogP contribution in [0.4, 0.5) is 0 Å². The van der Waals surface area contributed by atoms with Gasteiger partial charge in [0.15, 0.2) is 0 Å². The third-order valence-corrected chi connectivity index (χ3v) is 2.62. The lowest BCUT2D eigenvalue weighted by atomic mass is 10.0. The number of hydrogen-bond acceptors (Lipinski definition) is 3. The number of carbonyl (C=O) groups is 1. The number of hydrogen-bond donors (Lipinski definition) is 1. The Kier molecular flexibility index (Phi) is 6.33. The van der Waals surface area contributed by atoms with Gasteiger partial charge in [0.2, 0.25) is 0 Å². The largest absolute Gasteiger partial charge is 0.466 e. The predicted octanol–water partition coefficient (Wildman–Crippen LogP) is 2.29. The molecule has 3 nitrogen and oxygen atoms in total. The van der Waals surface area contributed by atoms with Gasteiger partial charge in [0.25, 0.3) is 0 Å². The number of aryl methyl sites for hydroxylation is 1. The standard InChI is InChI=1S/C14H21NO2/c1-2-17-14(16)11-13(15)10-6-9-12-7-4-3-5-8-12/h3-5,7-8,13H,2,6,9-11,15H2,1H3. The summed E-state index contributed by atoms with van der Waals surface area (Å²) in [5, 5.41) is 0. The van der Waals surface area contributed by atoms with Gasteiger partial charge in [0, 0.05) is 6.04 Å². The molecule has 0 aromatic heterocycles. The van der Waals surface area contributed by atoms with Crippen molar-refractivity contribution in [1.29, 1.82) is 0 Å². The molecule has 0 saturated heterocycles. The Balaban J connectivity index is 2.16. The second kappa shape index (κ2) is 7.85. The summed E-state index contributed by atoms with van der Waals surface area (Å²) in [5.74, 6) is -0.195. The average Bonchev–Trinajstić information content (AvgIpc) is 2.30. The second-order valence-corrected chi connectivity index (χ2v) is 4.15. The molecule has 94 valence electrons. The first-order chi connectivity index (χ1) is 8.22. The van der Waals surface area contributed by atoms with Crippen molar-refractivity contribution in [3.63, 3.8) is 0 Å². The van der Waals surface area contributed by atoms with Gasteiger partial charge in [0.05, 0.1) is 13.0 Å². The first-order valence-corrected chi connectivity index (χ1v) is 6.17. The molecule has 0 bridgehead atoms. The monoisotopic (exact) mass is 235 g/mol. The summed E-state index contributed by atoms with van der Waals surface area (Å²) in [5.41, 5.74) is 7.18. The van der Waals surface area contributed by atoms with Crippen molar-refractivity contribution in [1.82, 2.24) is 0 Å². The molecule has 0 saturated carbocycles. The normalized spacial score (nSPS) is 12.1. The van der Waals surface area contributed by atoms with E-state index < -0.39 is 0 Å². The summed E-state index contributed by atoms with van der Waals surface area (Å²) in [6.45, 7) is 2.23. The maximum absolute atomic E-state index is 11.2. The van der Waals surface area contributed by atoms with Crippen LogP contribution in [-0.4, -0.2) is 18.6 Å². The van der Waals surface area contributed by atoms with Crippen molar-refractivity contribution < 1.29 is 9.53 Å². The van der Waals surface area contributed by atoms with Gasteiger partial charge in [-0.15, -0.1) is 0 Å². The fourth-order valence-corrected chi connectivity index (χ4v) is 1.75. The Bertz CT molecular complexity index is 324. The number of nitrogens with two attached hydrogens (primary N) is 1. The number of carbonyl (C=O) groups excluding carboxylic acids is 1. The van der Waals surface area contributed by atoms with E-state index in [2.05, 4.69) is 12.1 Å². The molecular weight excluding hydrogens is 214 g/mol. The highest BCUT2D eigenvalue weighted by Gasteiger charge is 2.09. The molecule has 1 rings (SSSR count). The van der Waals surface area contributed by atoms with Gasteiger partial charge in [0.1, 0.15) is 0 Å². The highest BCUT2D eigenvalue weighted by Crippen LogP contribution is 2.07. The fourth-order valence-electron chi connectivity index (χ4n) is 1.75. The van der Waals surface area contributed by atoms with Crippen LogP contribution in [0, 0.1) is 0 Å². The van der Waals surface area contributed by atoms with Crippen molar-refractivity contribution in [2.24, 2.45) is 5.73 Å². The molecule has 0 heterocycles. The highest BCUT2D eigenvalue weighted by molar-refractivity contribution is 5.70. The predicted molar refractivity (Wildman–Crippen MR) is 68.6 cm³/mol. The Morgan fingerprint density at radius 1 is 1.35 bits per heavy atom. The van der Waals surface area contributed by atoms with Crippen LogP contribution in [0.1, 0.15) is 31.7 Å². The maximum Gasteiger partial charge on any atom is 0.307 e. The Hall–Kier alpha value is -1.35. The minimum absolute atomic E-state index is 0.0854. The van der Waals surface area contributed by atoms with E-state index in [-0.39, 0.29) is 12.0 Å². The summed E-state index contributed by atoms with van der Waals surface area (Å²) < 4.78 is 4.86. The smallest absolute Gasteiger partial charge is 0.307 e. The lowest BCUT2D eigenvalue weighted by Crippen LogP contribution is -2.25. The van der Waals surface area contributed by atoms with Crippen LogP contribution >= 0.6 is 0 Å². The van der Waals surface area contributed by atoms with Crippen LogP contribution in [0.5, 0.6) is 0 Å². The number of rotatable bonds is 7. The Morgan fingerprint density at radius 3 is 2.71 bits per heavy atom. The molecule has 0 aliphatic carbocycles. The van der Waals surface area contributed by atoms with Crippen LogP contribution in [0.2, 0.25) is 0 Å². The van der Waals surface area contributed by atoms with E-state index in [9.17, 15) is 4.79 Å². The van der Waals surface area contributed by atoms with E-state index >= 15 is 0 Å². The van der Waals surface area contributed by atoms with E-state index in [0.29, 0.717) is 13.0 Å². The molecular formula is C14H21NO2. The van der Waals surface area contributed by atoms with Gasteiger partial charge in [-0.1, -0.05) is 30.3 Å². The topological polar surface area (TPSA) is 52.3 Å². The first kappa shape index (κ1) is 13.7. The molecule has 0 spiro atoms. The highest BCUT2D eigenvalue weighted by atomic mass is 16.5. The molecule has 0 aliphatic rings. The van der Waals surface area contributed by atoms with Crippen LogP contribution in [0.3, 0.4) is 0 Å². The van der Waals surface area contributed by atoms with Crippen LogP contribution in [0.15, 0.2) is 30.3 Å². The zero-order valence-electron chi connectivity index (χ0n) is 10.4. The summed E-state index contributed by atoms with van der Waals surface area (Å²) in [7, 11) is 0.